The molecule has 1 heterocycles. The lowest BCUT2D eigenvalue weighted by Gasteiger charge is -2.36. The van der Waals surface area contributed by atoms with E-state index >= 15 is 0 Å². The summed E-state index contributed by atoms with van der Waals surface area (Å²) in [4.78, 5) is 46.6. The topological polar surface area (TPSA) is 91.3 Å². The van der Waals surface area contributed by atoms with Gasteiger partial charge in [-0.15, -0.1) is 4.99 Å². The molecule has 0 saturated heterocycles. The predicted octanol–water partition coefficient (Wildman–Crippen LogP) is 7.55. The second kappa shape index (κ2) is 13.9. The first-order valence-corrected chi connectivity index (χ1v) is 15.9. The molecule has 0 aromatic heterocycles. The highest BCUT2D eigenvalue weighted by molar-refractivity contribution is 9.10. The molecule has 4 aromatic rings. The van der Waals surface area contributed by atoms with Gasteiger partial charge in [0, 0.05) is 23.1 Å². The van der Waals surface area contributed by atoms with Crippen LogP contribution in [0.15, 0.2) is 107 Å². The van der Waals surface area contributed by atoms with Crippen molar-refractivity contribution in [1.29, 1.82) is 0 Å². The standard InChI is InChI=1S/C37H36BrFN4O4/c1-36(2,3)47-35(46)40-34(41-37(4,29-15-17-32(39)18-16-29)30-13-8-14-31(38)20-30)43(24-44)21-25-9-7-12-26(19-25)33(45)42-22-27-10-5-6-11-28(27)23-42/h5-20,24H,21-23H2,1-4H3,(H,40,41,46). The van der Waals surface area contributed by atoms with Crippen molar-refractivity contribution in [3.05, 3.63) is 141 Å². The minimum Gasteiger partial charge on any atom is -0.442 e. The van der Waals surface area contributed by atoms with Gasteiger partial charge in [0.05, 0.1) is 12.1 Å². The molecule has 0 fully saturated rings. The molecule has 10 heteroatoms. The van der Waals surface area contributed by atoms with Crippen molar-refractivity contribution in [2.24, 2.45) is 4.99 Å². The number of rotatable bonds is 7. The Labute approximate surface area is 282 Å². The third-order valence-electron chi connectivity index (χ3n) is 7.83. The molecule has 0 spiro atoms. The SMILES string of the molecule is CC(C)(C)OC(=O)N=C(NC(C)(c1ccc(F)cc1)c1cccc(Br)c1)N(C=O)Cc1cccc(C(=O)N2Cc3ccccc3C2)c1. The summed E-state index contributed by atoms with van der Waals surface area (Å²) in [5, 5.41) is 3.32. The van der Waals surface area contributed by atoms with Crippen molar-refractivity contribution < 1.29 is 23.5 Å². The minimum atomic E-state index is -1.10. The molecular weight excluding hydrogens is 663 g/mol. The monoisotopic (exact) mass is 698 g/mol. The first-order chi connectivity index (χ1) is 22.3. The van der Waals surface area contributed by atoms with Crippen LogP contribution >= 0.6 is 15.9 Å². The average Bonchev–Trinajstić information content (AvgIpc) is 3.47. The van der Waals surface area contributed by atoms with E-state index in [1.165, 1.54) is 17.0 Å². The Balaban J connectivity index is 1.49. The molecule has 5 rings (SSSR count). The Morgan fingerprint density at radius 1 is 0.915 bits per heavy atom. The largest absolute Gasteiger partial charge is 0.442 e. The van der Waals surface area contributed by atoms with Crippen LogP contribution in [0.3, 0.4) is 0 Å². The zero-order chi connectivity index (χ0) is 33.8. The summed E-state index contributed by atoms with van der Waals surface area (Å²) >= 11 is 3.53. The number of carbonyl (C=O) groups excluding carboxylic acids is 3. The highest BCUT2D eigenvalue weighted by atomic mass is 79.9. The third-order valence-corrected chi connectivity index (χ3v) is 8.32. The summed E-state index contributed by atoms with van der Waals surface area (Å²) in [6.07, 6.45) is -0.339. The van der Waals surface area contributed by atoms with Crippen molar-refractivity contribution in [3.8, 4) is 0 Å². The zero-order valence-corrected chi connectivity index (χ0v) is 28.3. The Hall–Kier alpha value is -4.83. The number of carbonyl (C=O) groups is 3. The molecule has 4 aromatic carbocycles. The number of nitrogens with zero attached hydrogens (tertiary/aromatic N) is 3. The van der Waals surface area contributed by atoms with E-state index in [-0.39, 0.29) is 18.4 Å². The van der Waals surface area contributed by atoms with Crippen molar-refractivity contribution in [3.63, 3.8) is 0 Å². The average molecular weight is 700 g/mol. The molecule has 0 bridgehead atoms. The lowest BCUT2D eigenvalue weighted by Crippen LogP contribution is -2.51. The summed E-state index contributed by atoms with van der Waals surface area (Å²) < 4.78 is 20.3. The maximum Gasteiger partial charge on any atom is 0.437 e. The third kappa shape index (κ3) is 8.13. The van der Waals surface area contributed by atoms with Gasteiger partial charge in [0.1, 0.15) is 11.4 Å². The maximum atomic E-state index is 14.0. The molecular formula is C37H36BrFN4O4. The van der Waals surface area contributed by atoms with E-state index in [4.69, 9.17) is 4.74 Å². The van der Waals surface area contributed by atoms with E-state index in [0.717, 1.165) is 21.2 Å². The van der Waals surface area contributed by atoms with Gasteiger partial charge in [-0.25, -0.2) is 9.18 Å². The van der Waals surface area contributed by atoms with Gasteiger partial charge in [-0.05, 0) is 91.9 Å². The van der Waals surface area contributed by atoms with Crippen LogP contribution in [-0.2, 0) is 34.7 Å². The first-order valence-electron chi connectivity index (χ1n) is 15.1. The number of ether oxygens (including phenoxy) is 1. The van der Waals surface area contributed by atoms with E-state index in [2.05, 4.69) is 26.2 Å². The fraction of sp³-hybridized carbons (Fsp3) is 0.243. The number of hydrogen-bond acceptors (Lipinski definition) is 4. The molecule has 1 N–H and O–H groups in total. The normalized spacial score (nSPS) is 14.2. The van der Waals surface area contributed by atoms with Gasteiger partial charge in [-0.1, -0.05) is 76.6 Å². The van der Waals surface area contributed by atoms with E-state index in [1.807, 2.05) is 55.5 Å². The van der Waals surface area contributed by atoms with Crippen LogP contribution in [0.5, 0.6) is 0 Å². The quantitative estimate of drug-likeness (QED) is 0.122. The molecule has 1 atom stereocenters. The predicted molar refractivity (Wildman–Crippen MR) is 182 cm³/mol. The maximum absolute atomic E-state index is 14.0. The molecule has 1 unspecified atom stereocenters. The Morgan fingerprint density at radius 3 is 2.19 bits per heavy atom. The molecule has 1 aliphatic heterocycles. The molecule has 0 saturated carbocycles. The van der Waals surface area contributed by atoms with Crippen LogP contribution in [0.4, 0.5) is 9.18 Å². The van der Waals surface area contributed by atoms with Crippen LogP contribution in [0.25, 0.3) is 0 Å². The molecule has 0 aliphatic carbocycles. The molecule has 47 heavy (non-hydrogen) atoms. The van der Waals surface area contributed by atoms with Crippen LogP contribution in [-0.4, -0.2) is 39.8 Å². The first kappa shape index (κ1) is 33.5. The van der Waals surface area contributed by atoms with Crippen LogP contribution in [0.2, 0.25) is 0 Å². The number of amides is 3. The van der Waals surface area contributed by atoms with Crippen molar-refractivity contribution in [2.45, 2.75) is 58.5 Å². The van der Waals surface area contributed by atoms with Crippen molar-refractivity contribution in [1.82, 2.24) is 15.1 Å². The molecule has 8 nitrogen and oxygen atoms in total. The smallest absolute Gasteiger partial charge is 0.437 e. The van der Waals surface area contributed by atoms with E-state index in [9.17, 15) is 18.8 Å². The van der Waals surface area contributed by atoms with Crippen LogP contribution in [0, 0.1) is 5.82 Å². The second-order valence-electron chi connectivity index (χ2n) is 12.5. The number of fused-ring (bicyclic) bond motifs is 1. The number of aliphatic imine (C=N–C) groups is 1. The van der Waals surface area contributed by atoms with Crippen molar-refractivity contribution >= 4 is 40.3 Å². The van der Waals surface area contributed by atoms with Crippen LogP contribution < -0.4 is 5.32 Å². The number of benzene rings is 4. The fourth-order valence-electron chi connectivity index (χ4n) is 5.47. The van der Waals surface area contributed by atoms with Gasteiger partial charge in [0.2, 0.25) is 12.4 Å². The summed E-state index contributed by atoms with van der Waals surface area (Å²) in [5.74, 6) is -0.623. The highest BCUT2D eigenvalue weighted by Gasteiger charge is 2.33. The van der Waals surface area contributed by atoms with Gasteiger partial charge in [0.15, 0.2) is 0 Å². The Morgan fingerprint density at radius 2 is 1.57 bits per heavy atom. The highest BCUT2D eigenvalue weighted by Crippen LogP contribution is 2.32. The van der Waals surface area contributed by atoms with E-state index in [1.54, 1.807) is 62.1 Å². The minimum absolute atomic E-state index is 0.0164. The summed E-state index contributed by atoms with van der Waals surface area (Å²) in [7, 11) is 0. The lowest BCUT2D eigenvalue weighted by atomic mass is 9.84. The molecule has 1 aliphatic rings. The van der Waals surface area contributed by atoms with Gasteiger partial charge in [-0.2, -0.15) is 0 Å². The number of hydrogen-bond donors (Lipinski definition) is 1. The lowest BCUT2D eigenvalue weighted by molar-refractivity contribution is -0.115. The van der Waals surface area contributed by atoms with E-state index in [0.29, 0.717) is 36.2 Å². The van der Waals surface area contributed by atoms with E-state index < -0.39 is 23.1 Å². The Kier molecular flexibility index (Phi) is 9.91. The summed E-state index contributed by atoms with van der Waals surface area (Å²) in [5.41, 5.74) is 2.82. The van der Waals surface area contributed by atoms with Gasteiger partial charge < -0.3 is 15.0 Å². The van der Waals surface area contributed by atoms with Gasteiger partial charge in [0.25, 0.3) is 5.91 Å². The molecule has 0 radical (unpaired) electrons. The Bertz CT molecular complexity index is 1800. The molecule has 242 valence electrons. The van der Waals surface area contributed by atoms with Crippen molar-refractivity contribution in [2.75, 3.05) is 0 Å². The molecule has 3 amide bonds. The second-order valence-corrected chi connectivity index (χ2v) is 13.5. The number of guanidine groups is 1. The fourth-order valence-corrected chi connectivity index (χ4v) is 5.87. The number of halogens is 2. The summed E-state index contributed by atoms with van der Waals surface area (Å²) in [6, 6.07) is 28.4. The van der Waals surface area contributed by atoms with Crippen LogP contribution in [0.1, 0.15) is 65.9 Å². The van der Waals surface area contributed by atoms with Gasteiger partial charge in [-0.3, -0.25) is 14.5 Å². The van der Waals surface area contributed by atoms with Gasteiger partial charge >= 0.3 is 6.09 Å². The zero-order valence-electron chi connectivity index (χ0n) is 26.7. The number of nitrogens with one attached hydrogen (secondary N) is 1. The summed E-state index contributed by atoms with van der Waals surface area (Å²) in [6.45, 7) is 8.03.